The fraction of sp³-hybridized carbons (Fsp3) is 0.444. The van der Waals surface area contributed by atoms with Gasteiger partial charge in [0.15, 0.2) is 5.78 Å². The summed E-state index contributed by atoms with van der Waals surface area (Å²) in [5, 5.41) is 0. The van der Waals surface area contributed by atoms with Crippen molar-refractivity contribution in [2.45, 2.75) is 13.3 Å². The average Bonchev–Trinajstić information content (AvgIpc) is 2.01. The molecule has 0 saturated heterocycles. The highest BCUT2D eigenvalue weighted by atomic mass is 16.5. The second-order valence-corrected chi connectivity index (χ2v) is 2.10. The van der Waals surface area contributed by atoms with E-state index in [1.165, 1.54) is 0 Å². The highest BCUT2D eigenvalue weighted by Gasteiger charge is 1.89. The van der Waals surface area contributed by atoms with Crippen LogP contribution in [0.3, 0.4) is 0 Å². The number of rotatable bonds is 5. The Morgan fingerprint density at radius 3 is 2.73 bits per heavy atom. The van der Waals surface area contributed by atoms with Crippen LogP contribution in [-0.4, -0.2) is 19.5 Å². The number of carbonyl (C=O) groups excluding carboxylic acids is 1. The van der Waals surface area contributed by atoms with E-state index in [9.17, 15) is 4.79 Å². The van der Waals surface area contributed by atoms with E-state index in [0.29, 0.717) is 13.0 Å². The molecule has 0 heterocycles. The minimum Gasteiger partial charge on any atom is -0.381 e. The molecule has 0 spiro atoms. The molecular formula is C9H14O2. The van der Waals surface area contributed by atoms with Gasteiger partial charge in [0.05, 0.1) is 6.61 Å². The number of ether oxygens (including phenoxy) is 1. The van der Waals surface area contributed by atoms with E-state index in [0.717, 1.165) is 0 Å². The van der Waals surface area contributed by atoms with E-state index < -0.39 is 0 Å². The number of allylic oxidation sites excluding steroid dienone is 3. The Labute approximate surface area is 67.6 Å². The molecule has 0 aromatic rings. The molecule has 0 bridgehead atoms. The van der Waals surface area contributed by atoms with Gasteiger partial charge in [0, 0.05) is 13.5 Å². The summed E-state index contributed by atoms with van der Waals surface area (Å²) in [5.41, 5.74) is 0. The minimum absolute atomic E-state index is 0.111. The first-order valence-corrected chi connectivity index (χ1v) is 3.60. The van der Waals surface area contributed by atoms with Crippen LogP contribution < -0.4 is 0 Å². The minimum atomic E-state index is 0.111. The Morgan fingerprint density at radius 2 is 2.18 bits per heavy atom. The molecular weight excluding hydrogens is 140 g/mol. The molecule has 0 radical (unpaired) electrons. The number of carbonyl (C=O) groups is 1. The lowest BCUT2D eigenvalue weighted by atomic mass is 10.2. The van der Waals surface area contributed by atoms with Crippen LogP contribution in [-0.2, 0) is 9.53 Å². The van der Waals surface area contributed by atoms with Crippen LogP contribution in [0.1, 0.15) is 13.3 Å². The highest BCUT2D eigenvalue weighted by Crippen LogP contribution is 1.87. The molecule has 0 N–H and O–H groups in total. The molecule has 0 aliphatic carbocycles. The molecule has 0 amide bonds. The lowest BCUT2D eigenvalue weighted by molar-refractivity contribution is -0.113. The molecule has 0 rings (SSSR count). The van der Waals surface area contributed by atoms with E-state index in [1.807, 2.05) is 19.1 Å². The van der Waals surface area contributed by atoms with Crippen molar-refractivity contribution >= 4 is 5.78 Å². The van der Waals surface area contributed by atoms with Gasteiger partial charge in [0.1, 0.15) is 0 Å². The van der Waals surface area contributed by atoms with E-state index in [-0.39, 0.29) is 5.78 Å². The summed E-state index contributed by atoms with van der Waals surface area (Å²) in [4.78, 5) is 10.9. The first kappa shape index (κ1) is 10.1. The first-order chi connectivity index (χ1) is 5.31. The number of hydrogen-bond donors (Lipinski definition) is 0. The molecule has 0 aliphatic rings. The highest BCUT2D eigenvalue weighted by molar-refractivity contribution is 5.90. The van der Waals surface area contributed by atoms with Crippen LogP contribution in [0.4, 0.5) is 0 Å². The smallest absolute Gasteiger partial charge is 0.159 e. The molecule has 0 atom stereocenters. The monoisotopic (exact) mass is 154 g/mol. The molecule has 0 aromatic carbocycles. The third kappa shape index (κ3) is 7.00. The van der Waals surface area contributed by atoms with Gasteiger partial charge in [0.25, 0.3) is 0 Å². The zero-order valence-corrected chi connectivity index (χ0v) is 7.04. The molecule has 0 saturated carbocycles. The largest absolute Gasteiger partial charge is 0.381 e. The Balaban J connectivity index is 3.51. The number of hydrogen-bond acceptors (Lipinski definition) is 2. The standard InChI is InChI=1S/C9H14O2/c1-3-4-6-9(10)7-5-8-11-2/h3-5,7H,6,8H2,1-2H3/b4-3+,7-5+. The zero-order chi connectivity index (χ0) is 8.53. The van der Waals surface area contributed by atoms with E-state index >= 15 is 0 Å². The zero-order valence-electron chi connectivity index (χ0n) is 7.04. The van der Waals surface area contributed by atoms with Crippen molar-refractivity contribution in [3.63, 3.8) is 0 Å². The Kier molecular flexibility index (Phi) is 6.64. The maximum Gasteiger partial charge on any atom is 0.159 e. The van der Waals surface area contributed by atoms with Crippen LogP contribution in [0.2, 0.25) is 0 Å². The third-order valence-corrected chi connectivity index (χ3v) is 1.12. The number of ketones is 1. The van der Waals surface area contributed by atoms with Gasteiger partial charge < -0.3 is 4.74 Å². The maximum absolute atomic E-state index is 10.9. The van der Waals surface area contributed by atoms with Crippen LogP contribution in [0.5, 0.6) is 0 Å². The summed E-state index contributed by atoms with van der Waals surface area (Å²) in [5.74, 6) is 0.111. The second-order valence-electron chi connectivity index (χ2n) is 2.10. The molecule has 0 aliphatic heterocycles. The van der Waals surface area contributed by atoms with E-state index in [4.69, 9.17) is 4.74 Å². The topological polar surface area (TPSA) is 26.3 Å². The number of methoxy groups -OCH3 is 1. The van der Waals surface area contributed by atoms with E-state index in [1.54, 1.807) is 19.3 Å². The summed E-state index contributed by atoms with van der Waals surface area (Å²) in [7, 11) is 1.60. The van der Waals surface area contributed by atoms with Crippen molar-refractivity contribution < 1.29 is 9.53 Å². The summed E-state index contributed by atoms with van der Waals surface area (Å²) >= 11 is 0. The van der Waals surface area contributed by atoms with Gasteiger partial charge in [-0.05, 0) is 13.0 Å². The van der Waals surface area contributed by atoms with Gasteiger partial charge in [-0.3, -0.25) is 4.79 Å². The van der Waals surface area contributed by atoms with Crippen LogP contribution in [0.25, 0.3) is 0 Å². The van der Waals surface area contributed by atoms with Crippen molar-refractivity contribution in [2.75, 3.05) is 13.7 Å². The van der Waals surface area contributed by atoms with Gasteiger partial charge in [-0.2, -0.15) is 0 Å². The molecule has 62 valence electrons. The molecule has 2 heteroatoms. The second kappa shape index (κ2) is 7.22. The third-order valence-electron chi connectivity index (χ3n) is 1.12. The molecule has 11 heavy (non-hydrogen) atoms. The fourth-order valence-electron chi connectivity index (χ4n) is 0.578. The summed E-state index contributed by atoms with van der Waals surface area (Å²) in [6, 6.07) is 0. The predicted octanol–water partition coefficient (Wildman–Crippen LogP) is 1.72. The SMILES string of the molecule is C/C=C/CC(=O)/C=C/COC. The normalized spacial score (nSPS) is 11.5. The quantitative estimate of drug-likeness (QED) is 0.445. The van der Waals surface area contributed by atoms with Gasteiger partial charge >= 0.3 is 0 Å². The van der Waals surface area contributed by atoms with Gasteiger partial charge in [-0.15, -0.1) is 0 Å². The predicted molar refractivity (Wildman–Crippen MR) is 45.5 cm³/mol. The summed E-state index contributed by atoms with van der Waals surface area (Å²) in [6.45, 7) is 2.40. The van der Waals surface area contributed by atoms with Crippen LogP contribution >= 0.6 is 0 Å². The van der Waals surface area contributed by atoms with Crippen LogP contribution in [0.15, 0.2) is 24.3 Å². The fourth-order valence-corrected chi connectivity index (χ4v) is 0.578. The van der Waals surface area contributed by atoms with Gasteiger partial charge in [0.2, 0.25) is 0 Å². The van der Waals surface area contributed by atoms with Gasteiger partial charge in [-0.1, -0.05) is 18.2 Å². The van der Waals surface area contributed by atoms with Gasteiger partial charge in [-0.25, -0.2) is 0 Å². The molecule has 0 unspecified atom stereocenters. The average molecular weight is 154 g/mol. The van der Waals surface area contributed by atoms with E-state index in [2.05, 4.69) is 0 Å². The lowest BCUT2D eigenvalue weighted by Crippen LogP contribution is -1.90. The molecule has 0 fully saturated rings. The summed E-state index contributed by atoms with van der Waals surface area (Å²) in [6.07, 6.45) is 7.44. The Hall–Kier alpha value is -0.890. The first-order valence-electron chi connectivity index (χ1n) is 3.60. The van der Waals surface area contributed by atoms with Crippen molar-refractivity contribution in [2.24, 2.45) is 0 Å². The molecule has 2 nitrogen and oxygen atoms in total. The Bertz CT molecular complexity index is 157. The Morgan fingerprint density at radius 1 is 1.45 bits per heavy atom. The lowest BCUT2D eigenvalue weighted by Gasteiger charge is -1.87. The molecule has 0 aromatic heterocycles. The van der Waals surface area contributed by atoms with Crippen molar-refractivity contribution in [3.8, 4) is 0 Å². The maximum atomic E-state index is 10.9. The van der Waals surface area contributed by atoms with Crippen molar-refractivity contribution in [3.05, 3.63) is 24.3 Å². The summed E-state index contributed by atoms with van der Waals surface area (Å²) < 4.78 is 4.74. The van der Waals surface area contributed by atoms with Crippen molar-refractivity contribution in [1.82, 2.24) is 0 Å². The van der Waals surface area contributed by atoms with Crippen LogP contribution in [0, 0.1) is 0 Å². The van der Waals surface area contributed by atoms with Crippen molar-refractivity contribution in [1.29, 1.82) is 0 Å².